The van der Waals surface area contributed by atoms with Crippen molar-refractivity contribution >= 4 is 5.69 Å². The molecule has 118 valence electrons. The molecule has 0 unspecified atom stereocenters. The maximum Gasteiger partial charge on any atom is 0.296 e. The first kappa shape index (κ1) is 16.0. The molecule has 2 rings (SSSR count). The number of quaternary nitrogens is 1. The minimum absolute atomic E-state index is 0.219. The second kappa shape index (κ2) is 5.10. The van der Waals surface area contributed by atoms with E-state index in [1.807, 2.05) is 11.6 Å². The van der Waals surface area contributed by atoms with E-state index in [2.05, 4.69) is 39.9 Å². The Labute approximate surface area is 126 Å². The van der Waals surface area contributed by atoms with Crippen molar-refractivity contribution in [3.63, 3.8) is 0 Å². The molecular formula is C15H27N4O2+. The molecule has 1 fully saturated rings. The van der Waals surface area contributed by atoms with Gasteiger partial charge in [0.15, 0.2) is 5.69 Å². The number of nitrogens with zero attached hydrogens (tertiary/aromatic N) is 4. The highest BCUT2D eigenvalue weighted by Crippen LogP contribution is 2.36. The number of hydrogen-bond donors (Lipinski definition) is 0. The van der Waals surface area contributed by atoms with E-state index in [-0.39, 0.29) is 10.6 Å². The van der Waals surface area contributed by atoms with Gasteiger partial charge in [-0.25, -0.2) is 4.59 Å². The monoisotopic (exact) mass is 295 g/mol. The summed E-state index contributed by atoms with van der Waals surface area (Å²) in [6, 6.07) is 1.59. The van der Waals surface area contributed by atoms with Crippen molar-refractivity contribution in [3.05, 3.63) is 28.1 Å². The zero-order valence-electron chi connectivity index (χ0n) is 14.0. The highest BCUT2D eigenvalue weighted by Gasteiger charge is 2.44. The predicted molar refractivity (Wildman–Crippen MR) is 82.4 cm³/mol. The third-order valence-corrected chi connectivity index (χ3v) is 4.76. The Morgan fingerprint density at radius 2 is 1.95 bits per heavy atom. The van der Waals surface area contributed by atoms with Crippen LogP contribution in [0.2, 0.25) is 0 Å². The van der Waals surface area contributed by atoms with Crippen molar-refractivity contribution in [1.82, 2.24) is 9.58 Å². The van der Waals surface area contributed by atoms with Crippen LogP contribution in [0.4, 0.5) is 5.69 Å². The standard InChI is InChI=1S/C15H27N4O2/c1-15(2,3)12-9-17(10-12)19(5,6)11-14-13(18(20)21)7-8-16(14)4/h7-8,12H,9-11H2,1-6H3/q+1. The van der Waals surface area contributed by atoms with Gasteiger partial charge in [-0.15, -0.1) is 0 Å². The zero-order chi connectivity index (χ0) is 16.0. The molecule has 1 aliphatic rings. The van der Waals surface area contributed by atoms with Crippen LogP contribution in [0.5, 0.6) is 0 Å². The lowest BCUT2D eigenvalue weighted by molar-refractivity contribution is -1.02. The van der Waals surface area contributed by atoms with Gasteiger partial charge in [-0.3, -0.25) is 10.1 Å². The zero-order valence-corrected chi connectivity index (χ0v) is 14.0. The molecule has 6 nitrogen and oxygen atoms in total. The summed E-state index contributed by atoms with van der Waals surface area (Å²) in [5, 5.41) is 13.5. The Morgan fingerprint density at radius 3 is 2.43 bits per heavy atom. The molecule has 0 amide bonds. The Bertz CT molecular complexity index is 536. The first-order valence-corrected chi connectivity index (χ1v) is 7.39. The van der Waals surface area contributed by atoms with Crippen molar-refractivity contribution < 1.29 is 9.52 Å². The third kappa shape index (κ3) is 3.11. The Kier molecular flexibility index (Phi) is 3.88. The van der Waals surface area contributed by atoms with E-state index in [0.717, 1.165) is 18.8 Å². The average Bonchev–Trinajstić information content (AvgIpc) is 2.54. The van der Waals surface area contributed by atoms with Gasteiger partial charge in [-0.2, -0.15) is 5.01 Å². The van der Waals surface area contributed by atoms with Crippen molar-refractivity contribution in [2.24, 2.45) is 18.4 Å². The van der Waals surface area contributed by atoms with Crippen molar-refractivity contribution in [2.75, 3.05) is 27.2 Å². The van der Waals surface area contributed by atoms with E-state index < -0.39 is 0 Å². The van der Waals surface area contributed by atoms with Crippen LogP contribution in [0.25, 0.3) is 0 Å². The molecule has 1 saturated heterocycles. The lowest BCUT2D eigenvalue weighted by Gasteiger charge is -2.52. The molecule has 0 aliphatic carbocycles. The van der Waals surface area contributed by atoms with E-state index in [4.69, 9.17) is 0 Å². The van der Waals surface area contributed by atoms with Crippen LogP contribution in [0.15, 0.2) is 12.3 Å². The molecule has 6 heteroatoms. The molecule has 21 heavy (non-hydrogen) atoms. The van der Waals surface area contributed by atoms with Gasteiger partial charge in [0.1, 0.15) is 6.54 Å². The van der Waals surface area contributed by atoms with Crippen molar-refractivity contribution in [3.8, 4) is 0 Å². The first-order chi connectivity index (χ1) is 9.52. The summed E-state index contributed by atoms with van der Waals surface area (Å²) in [6.07, 6.45) is 1.77. The second-order valence-corrected chi connectivity index (χ2v) is 7.73. The molecule has 0 saturated carbocycles. The van der Waals surface area contributed by atoms with E-state index in [0.29, 0.717) is 22.5 Å². The van der Waals surface area contributed by atoms with Crippen LogP contribution in [0.1, 0.15) is 26.5 Å². The van der Waals surface area contributed by atoms with Crippen LogP contribution in [-0.4, -0.2) is 46.3 Å². The molecule has 1 aromatic heterocycles. The number of rotatable bonds is 4. The molecular weight excluding hydrogens is 268 g/mol. The summed E-state index contributed by atoms with van der Waals surface area (Å²) in [6.45, 7) is 9.56. The molecule has 0 aromatic carbocycles. The normalized spacial score (nSPS) is 17.8. The maximum absolute atomic E-state index is 11.1. The molecule has 0 spiro atoms. The predicted octanol–water partition coefficient (Wildman–Crippen LogP) is 2.40. The summed E-state index contributed by atoms with van der Waals surface area (Å²) in [5.41, 5.74) is 1.33. The number of nitro groups is 1. The fraction of sp³-hybridized carbons (Fsp3) is 0.733. The SMILES string of the molecule is Cn1ccc([N+](=O)[O-])c1C[N+](C)(C)N1CC(C(C)(C)C)C1. The van der Waals surface area contributed by atoms with Crippen LogP contribution in [-0.2, 0) is 13.6 Å². The molecule has 0 atom stereocenters. The lowest BCUT2D eigenvalue weighted by atomic mass is 9.76. The first-order valence-electron chi connectivity index (χ1n) is 7.39. The summed E-state index contributed by atoms with van der Waals surface area (Å²) in [7, 11) is 6.11. The summed E-state index contributed by atoms with van der Waals surface area (Å²) >= 11 is 0. The van der Waals surface area contributed by atoms with Crippen LogP contribution >= 0.6 is 0 Å². The Balaban J connectivity index is 2.09. The lowest BCUT2D eigenvalue weighted by Crippen LogP contribution is -2.65. The fourth-order valence-electron chi connectivity index (χ4n) is 2.82. The maximum atomic E-state index is 11.1. The van der Waals surface area contributed by atoms with Crippen LogP contribution in [0, 0.1) is 21.4 Å². The number of aromatic nitrogens is 1. The molecule has 0 N–H and O–H groups in total. The quantitative estimate of drug-likeness (QED) is 0.487. The van der Waals surface area contributed by atoms with Gasteiger partial charge in [-0.1, -0.05) is 20.8 Å². The van der Waals surface area contributed by atoms with Gasteiger partial charge < -0.3 is 4.57 Å². The second-order valence-electron chi connectivity index (χ2n) is 7.73. The largest absolute Gasteiger partial charge is 0.344 e. The number of aryl methyl sites for hydroxylation is 1. The molecule has 0 bridgehead atoms. The highest BCUT2D eigenvalue weighted by atomic mass is 16.6. The summed E-state index contributed by atoms with van der Waals surface area (Å²) in [5.74, 6) is 0.693. The molecule has 1 aromatic rings. The molecule has 2 heterocycles. The van der Waals surface area contributed by atoms with E-state index >= 15 is 0 Å². The van der Waals surface area contributed by atoms with Crippen LogP contribution in [0.3, 0.4) is 0 Å². The van der Waals surface area contributed by atoms with Gasteiger partial charge in [0, 0.05) is 19.3 Å². The molecule has 1 aliphatic heterocycles. The minimum Gasteiger partial charge on any atom is -0.344 e. The Morgan fingerprint density at radius 1 is 1.38 bits per heavy atom. The van der Waals surface area contributed by atoms with Gasteiger partial charge in [0.05, 0.1) is 32.1 Å². The van der Waals surface area contributed by atoms with E-state index in [1.54, 1.807) is 12.3 Å². The summed E-state index contributed by atoms with van der Waals surface area (Å²) < 4.78 is 2.52. The van der Waals surface area contributed by atoms with E-state index in [1.165, 1.54) is 0 Å². The van der Waals surface area contributed by atoms with Crippen molar-refractivity contribution in [1.29, 1.82) is 0 Å². The summed E-state index contributed by atoms with van der Waals surface area (Å²) in [4.78, 5) is 10.8. The fourth-order valence-corrected chi connectivity index (χ4v) is 2.82. The van der Waals surface area contributed by atoms with Crippen LogP contribution < -0.4 is 0 Å². The molecule has 0 radical (unpaired) electrons. The minimum atomic E-state index is -0.288. The average molecular weight is 295 g/mol. The van der Waals surface area contributed by atoms with Crippen molar-refractivity contribution in [2.45, 2.75) is 27.3 Å². The van der Waals surface area contributed by atoms with Gasteiger partial charge in [0.25, 0.3) is 5.69 Å². The van der Waals surface area contributed by atoms with Gasteiger partial charge >= 0.3 is 0 Å². The highest BCUT2D eigenvalue weighted by molar-refractivity contribution is 5.36. The smallest absolute Gasteiger partial charge is 0.296 e. The topological polar surface area (TPSA) is 51.3 Å². The van der Waals surface area contributed by atoms with E-state index in [9.17, 15) is 10.1 Å². The third-order valence-electron chi connectivity index (χ3n) is 4.76. The van der Waals surface area contributed by atoms with Gasteiger partial charge in [-0.05, 0) is 11.3 Å². The Hall–Kier alpha value is -1.40. The van der Waals surface area contributed by atoms with Gasteiger partial charge in [0.2, 0.25) is 0 Å². The number of hydrogen-bond acceptors (Lipinski definition) is 3.